The molecule has 1 aliphatic heterocycles. The molecule has 1 aliphatic rings. The first-order valence-corrected chi connectivity index (χ1v) is 3.06. The van der Waals surface area contributed by atoms with Crippen LogP contribution in [0.4, 0.5) is 0 Å². The summed E-state index contributed by atoms with van der Waals surface area (Å²) in [4.78, 5) is 4.03. The van der Waals surface area contributed by atoms with E-state index >= 15 is 0 Å². The molecule has 0 aromatic heterocycles. The van der Waals surface area contributed by atoms with Gasteiger partial charge in [-0.05, 0) is 13.0 Å². The zero-order chi connectivity index (χ0) is 5.98. The van der Waals surface area contributed by atoms with Crippen LogP contribution < -0.4 is 0 Å². The van der Waals surface area contributed by atoms with Gasteiger partial charge >= 0.3 is 0 Å². The third kappa shape index (κ3) is 1.34. The summed E-state index contributed by atoms with van der Waals surface area (Å²) >= 11 is 5.74. The van der Waals surface area contributed by atoms with Crippen molar-refractivity contribution in [1.82, 2.24) is 0 Å². The summed E-state index contributed by atoms with van der Waals surface area (Å²) in [6.45, 7) is 1.98. The maximum atomic E-state index is 5.74. The van der Waals surface area contributed by atoms with Crippen LogP contribution in [0.2, 0.25) is 0 Å². The average molecular weight is 130 g/mol. The van der Waals surface area contributed by atoms with E-state index in [1.165, 1.54) is 0 Å². The molecule has 1 heterocycles. The van der Waals surface area contributed by atoms with Crippen LogP contribution in [0.5, 0.6) is 0 Å². The lowest BCUT2D eigenvalue weighted by atomic mass is 10.2. The fourth-order valence-corrected chi connectivity index (χ4v) is 0.955. The molecule has 0 N–H and O–H groups in total. The Morgan fingerprint density at radius 2 is 2.62 bits per heavy atom. The first-order valence-electron chi connectivity index (χ1n) is 2.63. The van der Waals surface area contributed by atoms with E-state index in [2.05, 4.69) is 4.99 Å². The number of aliphatic imine (C=N–C) groups is 1. The molecular formula is C6H8ClN. The zero-order valence-electron chi connectivity index (χ0n) is 4.76. The third-order valence-corrected chi connectivity index (χ3v) is 1.38. The number of allylic oxidation sites excluding steroid dienone is 1. The van der Waals surface area contributed by atoms with E-state index in [0.717, 1.165) is 12.1 Å². The summed E-state index contributed by atoms with van der Waals surface area (Å²) in [6.07, 6.45) is 4.56. The molecule has 1 unspecified atom stereocenters. The fourth-order valence-electron chi connectivity index (χ4n) is 0.667. The second-order valence-electron chi connectivity index (χ2n) is 1.93. The largest absolute Gasteiger partial charge is 0.266 e. The second-order valence-corrected chi connectivity index (χ2v) is 2.49. The minimum absolute atomic E-state index is 0.174. The van der Waals surface area contributed by atoms with E-state index in [0.29, 0.717) is 0 Å². The molecule has 0 amide bonds. The van der Waals surface area contributed by atoms with Crippen molar-refractivity contribution in [1.29, 1.82) is 0 Å². The highest BCUT2D eigenvalue weighted by atomic mass is 35.5. The molecule has 0 bridgehead atoms. The van der Waals surface area contributed by atoms with Crippen LogP contribution in [0.15, 0.2) is 17.3 Å². The summed E-state index contributed by atoms with van der Waals surface area (Å²) in [6, 6.07) is 0. The van der Waals surface area contributed by atoms with Gasteiger partial charge < -0.3 is 0 Å². The van der Waals surface area contributed by atoms with Crippen molar-refractivity contribution in [2.24, 2.45) is 4.99 Å². The van der Waals surface area contributed by atoms with Gasteiger partial charge in [-0.1, -0.05) is 0 Å². The number of hydrogen-bond donors (Lipinski definition) is 0. The van der Waals surface area contributed by atoms with Crippen LogP contribution in [0.3, 0.4) is 0 Å². The highest BCUT2D eigenvalue weighted by Crippen LogP contribution is 2.09. The van der Waals surface area contributed by atoms with E-state index in [4.69, 9.17) is 11.6 Å². The van der Waals surface area contributed by atoms with Gasteiger partial charge in [-0.15, -0.1) is 11.6 Å². The average Bonchev–Trinajstić information content (AvgIpc) is 1.64. The number of rotatable bonds is 0. The monoisotopic (exact) mass is 129 g/mol. The molecule has 0 aromatic rings. The normalized spacial score (nSPS) is 27.8. The standard InChI is InChI=1S/C6H8ClN/c1-5-4-6(7)2-3-8-5/h2-3,6H,4H2,1H3. The molecule has 0 spiro atoms. The van der Waals surface area contributed by atoms with Gasteiger partial charge in [0.05, 0.1) is 5.38 Å². The molecule has 1 atom stereocenters. The second kappa shape index (κ2) is 2.31. The SMILES string of the molecule is CC1=NC=CC(Cl)C1. The van der Waals surface area contributed by atoms with Crippen molar-refractivity contribution in [3.63, 3.8) is 0 Å². The smallest absolute Gasteiger partial charge is 0.0585 e. The lowest BCUT2D eigenvalue weighted by Gasteiger charge is -2.05. The summed E-state index contributed by atoms with van der Waals surface area (Å²) in [5.41, 5.74) is 1.12. The molecule has 1 rings (SSSR count). The predicted molar refractivity (Wildman–Crippen MR) is 36.5 cm³/mol. The van der Waals surface area contributed by atoms with Gasteiger partial charge in [-0.25, -0.2) is 0 Å². The van der Waals surface area contributed by atoms with Gasteiger partial charge in [0.2, 0.25) is 0 Å². The number of hydrogen-bond acceptors (Lipinski definition) is 1. The van der Waals surface area contributed by atoms with Gasteiger partial charge in [0, 0.05) is 18.3 Å². The van der Waals surface area contributed by atoms with E-state index in [-0.39, 0.29) is 5.38 Å². The highest BCUT2D eigenvalue weighted by Gasteiger charge is 2.03. The molecular weight excluding hydrogens is 122 g/mol. The van der Waals surface area contributed by atoms with Gasteiger partial charge in [-0.2, -0.15) is 0 Å². The summed E-state index contributed by atoms with van der Waals surface area (Å²) in [5, 5.41) is 0.174. The Hall–Kier alpha value is -0.300. The molecule has 0 saturated heterocycles. The molecule has 0 saturated carbocycles. The van der Waals surface area contributed by atoms with Crippen molar-refractivity contribution in [2.75, 3.05) is 0 Å². The molecule has 2 heteroatoms. The van der Waals surface area contributed by atoms with Crippen LogP contribution in [-0.2, 0) is 0 Å². The Labute approximate surface area is 54.1 Å². The molecule has 8 heavy (non-hydrogen) atoms. The van der Waals surface area contributed by atoms with Crippen molar-refractivity contribution in [3.8, 4) is 0 Å². The molecule has 44 valence electrons. The summed E-state index contributed by atoms with van der Waals surface area (Å²) in [7, 11) is 0. The topological polar surface area (TPSA) is 12.4 Å². The molecule has 0 aromatic carbocycles. The first kappa shape index (κ1) is 5.83. The van der Waals surface area contributed by atoms with Crippen LogP contribution in [0.25, 0.3) is 0 Å². The van der Waals surface area contributed by atoms with E-state index in [1.807, 2.05) is 13.0 Å². The van der Waals surface area contributed by atoms with Gasteiger partial charge in [0.1, 0.15) is 0 Å². The maximum Gasteiger partial charge on any atom is 0.0585 e. The van der Waals surface area contributed by atoms with Crippen LogP contribution in [-0.4, -0.2) is 11.1 Å². The summed E-state index contributed by atoms with van der Waals surface area (Å²) < 4.78 is 0. The molecule has 0 aliphatic carbocycles. The highest BCUT2D eigenvalue weighted by molar-refractivity contribution is 6.23. The minimum atomic E-state index is 0.174. The lowest BCUT2D eigenvalue weighted by Crippen LogP contribution is -2.04. The Morgan fingerprint density at radius 3 is 3.00 bits per heavy atom. The molecule has 0 fully saturated rings. The minimum Gasteiger partial charge on any atom is -0.266 e. The van der Waals surface area contributed by atoms with Crippen LogP contribution in [0.1, 0.15) is 13.3 Å². The summed E-state index contributed by atoms with van der Waals surface area (Å²) in [5.74, 6) is 0. The quantitative estimate of drug-likeness (QED) is 0.444. The number of nitrogens with zero attached hydrogens (tertiary/aromatic N) is 1. The van der Waals surface area contributed by atoms with Gasteiger partial charge in [-0.3, -0.25) is 4.99 Å². The zero-order valence-corrected chi connectivity index (χ0v) is 5.52. The Kier molecular flexibility index (Phi) is 1.69. The van der Waals surface area contributed by atoms with E-state index in [9.17, 15) is 0 Å². The van der Waals surface area contributed by atoms with Crippen molar-refractivity contribution in [2.45, 2.75) is 18.7 Å². The van der Waals surface area contributed by atoms with Crippen molar-refractivity contribution >= 4 is 17.3 Å². The molecule has 1 nitrogen and oxygen atoms in total. The molecule has 0 radical (unpaired) electrons. The number of halogens is 1. The third-order valence-electron chi connectivity index (χ3n) is 1.08. The van der Waals surface area contributed by atoms with Crippen molar-refractivity contribution in [3.05, 3.63) is 12.3 Å². The Balaban J connectivity index is 2.59. The predicted octanol–water partition coefficient (Wildman–Crippen LogP) is 1.97. The Bertz CT molecular complexity index is 137. The Morgan fingerprint density at radius 1 is 1.88 bits per heavy atom. The van der Waals surface area contributed by atoms with E-state index < -0.39 is 0 Å². The van der Waals surface area contributed by atoms with Crippen LogP contribution in [0, 0.1) is 0 Å². The fraction of sp³-hybridized carbons (Fsp3) is 0.500. The van der Waals surface area contributed by atoms with E-state index in [1.54, 1.807) is 6.20 Å². The first-order chi connectivity index (χ1) is 3.79. The van der Waals surface area contributed by atoms with Gasteiger partial charge in [0.15, 0.2) is 0 Å². The van der Waals surface area contributed by atoms with Crippen LogP contribution >= 0.6 is 11.6 Å². The lowest BCUT2D eigenvalue weighted by molar-refractivity contribution is 1.06. The van der Waals surface area contributed by atoms with Gasteiger partial charge in [0.25, 0.3) is 0 Å². The van der Waals surface area contributed by atoms with Crippen molar-refractivity contribution < 1.29 is 0 Å². The maximum absolute atomic E-state index is 5.74. The number of alkyl halides is 1.